The molecule has 0 unspecified atom stereocenters. The standard InChI is InChI=1S/C20H29N5O2S/c1-3-24(13-16-5-9-22-10-6-16)14-20(27)7-4-11-25(12-8-20)18(26)17-15(2)23-19(21)28-17/h5-6,9-10,27H,3-4,7-8,11-14H2,1-2H3,(H2,21,23)/t20-/m0/s1. The summed E-state index contributed by atoms with van der Waals surface area (Å²) >= 11 is 1.24. The molecule has 1 atom stereocenters. The largest absolute Gasteiger partial charge is 0.388 e. The highest BCUT2D eigenvalue weighted by atomic mass is 32.1. The van der Waals surface area contributed by atoms with Gasteiger partial charge in [-0.3, -0.25) is 14.7 Å². The van der Waals surface area contributed by atoms with Crippen molar-refractivity contribution in [2.45, 2.75) is 45.3 Å². The summed E-state index contributed by atoms with van der Waals surface area (Å²) in [6.45, 7) is 7.34. The first kappa shape index (κ1) is 20.7. The molecule has 7 nitrogen and oxygen atoms in total. The van der Waals surface area contributed by atoms with Crippen LogP contribution < -0.4 is 5.73 Å². The number of rotatable bonds is 6. The van der Waals surface area contributed by atoms with Crippen molar-refractivity contribution in [3.8, 4) is 0 Å². The molecule has 152 valence electrons. The first-order valence-corrected chi connectivity index (χ1v) is 10.6. The molecule has 1 saturated heterocycles. The first-order chi connectivity index (χ1) is 13.4. The van der Waals surface area contributed by atoms with Gasteiger partial charge >= 0.3 is 0 Å². The third kappa shape index (κ3) is 5.06. The lowest BCUT2D eigenvalue weighted by molar-refractivity contribution is -0.00926. The zero-order chi connectivity index (χ0) is 20.1. The molecule has 2 aromatic rings. The van der Waals surface area contributed by atoms with E-state index in [4.69, 9.17) is 5.73 Å². The van der Waals surface area contributed by atoms with Crippen molar-refractivity contribution >= 4 is 22.4 Å². The van der Waals surface area contributed by atoms with Gasteiger partial charge in [0.05, 0.1) is 11.3 Å². The first-order valence-electron chi connectivity index (χ1n) is 9.76. The SMILES string of the molecule is CCN(Cc1ccncc1)C[C@]1(O)CCCN(C(=O)c2sc(N)nc2C)CC1. The number of carbonyl (C=O) groups is 1. The van der Waals surface area contributed by atoms with E-state index in [2.05, 4.69) is 21.8 Å². The Balaban J connectivity index is 1.62. The molecule has 28 heavy (non-hydrogen) atoms. The van der Waals surface area contributed by atoms with Gasteiger partial charge in [0.2, 0.25) is 0 Å². The van der Waals surface area contributed by atoms with Crippen molar-refractivity contribution in [1.82, 2.24) is 19.8 Å². The summed E-state index contributed by atoms with van der Waals surface area (Å²) in [5.74, 6) is -0.0277. The fraction of sp³-hybridized carbons (Fsp3) is 0.550. The lowest BCUT2D eigenvalue weighted by atomic mass is 9.94. The number of carbonyl (C=O) groups excluding carboxylic acids is 1. The minimum Gasteiger partial charge on any atom is -0.388 e. The van der Waals surface area contributed by atoms with E-state index < -0.39 is 5.60 Å². The second kappa shape index (κ2) is 8.98. The third-order valence-corrected chi connectivity index (χ3v) is 6.31. The Labute approximate surface area is 170 Å². The summed E-state index contributed by atoms with van der Waals surface area (Å²) in [6.07, 6.45) is 5.62. The van der Waals surface area contributed by atoms with Crippen LogP contribution in [0.3, 0.4) is 0 Å². The molecule has 0 aliphatic carbocycles. The number of aromatic nitrogens is 2. The maximum atomic E-state index is 12.9. The molecule has 3 heterocycles. The van der Waals surface area contributed by atoms with E-state index in [-0.39, 0.29) is 5.91 Å². The topological polar surface area (TPSA) is 95.6 Å². The fourth-order valence-electron chi connectivity index (χ4n) is 3.74. The average Bonchev–Trinajstić information content (AvgIpc) is 2.90. The Morgan fingerprint density at radius 3 is 2.75 bits per heavy atom. The number of hydrogen-bond acceptors (Lipinski definition) is 7. The summed E-state index contributed by atoms with van der Waals surface area (Å²) < 4.78 is 0. The number of likely N-dealkylation sites (tertiary alicyclic amines) is 1. The molecule has 0 bridgehead atoms. The van der Waals surface area contributed by atoms with Crippen molar-refractivity contribution in [3.05, 3.63) is 40.7 Å². The zero-order valence-corrected chi connectivity index (χ0v) is 17.4. The molecule has 1 aliphatic rings. The zero-order valence-electron chi connectivity index (χ0n) is 16.6. The Hall–Kier alpha value is -2.03. The number of anilines is 1. The van der Waals surface area contributed by atoms with E-state index in [0.29, 0.717) is 48.2 Å². The predicted octanol–water partition coefficient (Wildman–Crippen LogP) is 2.31. The second-order valence-electron chi connectivity index (χ2n) is 7.50. The van der Waals surface area contributed by atoms with Crippen LogP contribution >= 0.6 is 11.3 Å². The Bertz CT molecular complexity index is 797. The molecule has 0 aromatic carbocycles. The van der Waals surface area contributed by atoms with E-state index in [9.17, 15) is 9.90 Å². The summed E-state index contributed by atoms with van der Waals surface area (Å²) in [5.41, 5.74) is 6.82. The van der Waals surface area contributed by atoms with Gasteiger partial charge < -0.3 is 15.7 Å². The normalized spacial score (nSPS) is 20.4. The molecule has 3 rings (SSSR count). The maximum Gasteiger partial charge on any atom is 0.265 e. The number of nitrogen functional groups attached to an aromatic ring is 1. The van der Waals surface area contributed by atoms with Gasteiger partial charge in [0.1, 0.15) is 4.88 Å². The van der Waals surface area contributed by atoms with Gasteiger partial charge in [0.25, 0.3) is 5.91 Å². The van der Waals surface area contributed by atoms with Gasteiger partial charge in [-0.05, 0) is 50.4 Å². The molecular weight excluding hydrogens is 374 g/mol. The molecule has 1 aliphatic heterocycles. The maximum absolute atomic E-state index is 12.9. The minimum absolute atomic E-state index is 0.0277. The van der Waals surface area contributed by atoms with Crippen molar-refractivity contribution in [1.29, 1.82) is 0 Å². The Kier molecular flexibility index (Phi) is 6.64. The van der Waals surface area contributed by atoms with Crippen molar-refractivity contribution in [3.63, 3.8) is 0 Å². The molecule has 0 saturated carbocycles. The molecule has 3 N–H and O–H groups in total. The Morgan fingerprint density at radius 2 is 2.11 bits per heavy atom. The van der Waals surface area contributed by atoms with Crippen LogP contribution in [0, 0.1) is 6.92 Å². The van der Waals surface area contributed by atoms with Crippen LogP contribution in [0.25, 0.3) is 0 Å². The van der Waals surface area contributed by atoms with Crippen LogP contribution in [0.5, 0.6) is 0 Å². The quantitative estimate of drug-likeness (QED) is 0.768. The molecular formula is C20H29N5O2S. The van der Waals surface area contributed by atoms with Gasteiger partial charge in [-0.25, -0.2) is 4.98 Å². The molecule has 1 amide bonds. The van der Waals surface area contributed by atoms with Crippen molar-refractivity contribution in [2.75, 3.05) is 31.9 Å². The van der Waals surface area contributed by atoms with Crippen molar-refractivity contribution in [2.24, 2.45) is 0 Å². The molecule has 2 aromatic heterocycles. The summed E-state index contributed by atoms with van der Waals surface area (Å²) in [5, 5.41) is 11.7. The fourth-order valence-corrected chi connectivity index (χ4v) is 4.54. The number of amides is 1. The van der Waals surface area contributed by atoms with Gasteiger partial charge in [-0.2, -0.15) is 0 Å². The van der Waals surface area contributed by atoms with Crippen LogP contribution in [-0.2, 0) is 6.54 Å². The van der Waals surface area contributed by atoms with Crippen LogP contribution in [0.4, 0.5) is 5.13 Å². The number of aryl methyl sites for hydroxylation is 1. The number of hydrogen-bond donors (Lipinski definition) is 2. The van der Waals surface area contributed by atoms with E-state index in [1.165, 1.54) is 16.9 Å². The monoisotopic (exact) mass is 403 g/mol. The molecule has 1 fully saturated rings. The predicted molar refractivity (Wildman–Crippen MR) is 111 cm³/mol. The lowest BCUT2D eigenvalue weighted by Gasteiger charge is -2.33. The number of nitrogens with two attached hydrogens (primary N) is 1. The summed E-state index contributed by atoms with van der Waals surface area (Å²) in [7, 11) is 0. The minimum atomic E-state index is -0.792. The van der Waals surface area contributed by atoms with E-state index in [0.717, 1.165) is 19.5 Å². The van der Waals surface area contributed by atoms with E-state index in [1.54, 1.807) is 12.4 Å². The van der Waals surface area contributed by atoms with Gasteiger partial charge in [0.15, 0.2) is 5.13 Å². The summed E-state index contributed by atoms with van der Waals surface area (Å²) in [6, 6.07) is 4.01. The highest BCUT2D eigenvalue weighted by Gasteiger charge is 2.34. The molecule has 8 heteroatoms. The highest BCUT2D eigenvalue weighted by molar-refractivity contribution is 7.17. The van der Waals surface area contributed by atoms with Gasteiger partial charge in [0, 0.05) is 38.6 Å². The number of thiazole rings is 1. The Morgan fingerprint density at radius 1 is 1.36 bits per heavy atom. The third-order valence-electron chi connectivity index (χ3n) is 5.33. The van der Waals surface area contributed by atoms with Gasteiger partial charge in [-0.1, -0.05) is 18.3 Å². The van der Waals surface area contributed by atoms with Crippen LogP contribution in [0.15, 0.2) is 24.5 Å². The molecule has 0 spiro atoms. The number of pyridine rings is 1. The van der Waals surface area contributed by atoms with Crippen LogP contribution in [-0.4, -0.2) is 62.6 Å². The summed E-state index contributed by atoms with van der Waals surface area (Å²) in [4.78, 5) is 25.8. The van der Waals surface area contributed by atoms with E-state index in [1.807, 2.05) is 24.0 Å². The van der Waals surface area contributed by atoms with Crippen molar-refractivity contribution < 1.29 is 9.90 Å². The van der Waals surface area contributed by atoms with Crippen LogP contribution in [0.1, 0.15) is 47.1 Å². The highest BCUT2D eigenvalue weighted by Crippen LogP contribution is 2.27. The van der Waals surface area contributed by atoms with E-state index >= 15 is 0 Å². The lowest BCUT2D eigenvalue weighted by Crippen LogP contribution is -2.43. The number of likely N-dealkylation sites (N-methyl/N-ethyl adjacent to an activating group) is 1. The molecule has 0 radical (unpaired) electrons. The number of aliphatic hydroxyl groups is 1. The number of nitrogens with zero attached hydrogens (tertiary/aromatic N) is 4. The average molecular weight is 404 g/mol. The second-order valence-corrected chi connectivity index (χ2v) is 8.53. The smallest absolute Gasteiger partial charge is 0.265 e. The van der Waals surface area contributed by atoms with Gasteiger partial charge in [-0.15, -0.1) is 0 Å². The van der Waals surface area contributed by atoms with Crippen LogP contribution in [0.2, 0.25) is 0 Å².